The average Bonchev–Trinajstić information content (AvgIpc) is 3.68. The Morgan fingerprint density at radius 1 is 0.953 bits per heavy atom. The highest BCUT2D eigenvalue weighted by Crippen LogP contribution is 2.39. The smallest absolute Gasteiger partial charge is 0.247 e. The number of aromatic nitrogens is 4. The van der Waals surface area contributed by atoms with E-state index in [1.807, 2.05) is 6.07 Å². The molecular weight excluding hydrogens is 562 g/mol. The van der Waals surface area contributed by atoms with Gasteiger partial charge in [-0.3, -0.25) is 4.90 Å². The quantitative estimate of drug-likeness (QED) is 0.338. The Labute approximate surface area is 258 Å². The number of anilines is 4. The number of nitrogens with one attached hydrogen (secondary N) is 3. The third kappa shape index (κ3) is 5.95. The Kier molecular flexibility index (Phi) is 7.62. The fourth-order valence-corrected chi connectivity index (χ4v) is 7.03. The number of piperidine rings is 2. The predicted octanol–water partition coefficient (Wildman–Crippen LogP) is 5.05. The molecule has 0 unspecified atom stereocenters. The molecule has 4 heterocycles. The number of fused-ring (bicyclic) bond motifs is 1. The van der Waals surface area contributed by atoms with Crippen LogP contribution in [0.15, 0.2) is 18.3 Å². The van der Waals surface area contributed by atoms with Gasteiger partial charge in [-0.25, -0.2) is 4.98 Å². The molecule has 2 aliphatic heterocycles. The second kappa shape index (κ2) is 11.1. The minimum Gasteiger partial charge on any atom is -0.370 e. The Bertz CT molecular complexity index is 1580. The maximum absolute atomic E-state index is 9.86. The van der Waals surface area contributed by atoms with Crippen molar-refractivity contribution in [2.75, 3.05) is 35.7 Å². The summed E-state index contributed by atoms with van der Waals surface area (Å²) in [6.45, 7) is 11.0. The molecule has 0 atom stereocenters. The summed E-state index contributed by atoms with van der Waals surface area (Å²) >= 11 is 7.00. The number of hydrogen-bond acceptors (Lipinski definition) is 10. The molecule has 3 aromatic rings. The molecular formula is C31H40ClN11. The summed E-state index contributed by atoms with van der Waals surface area (Å²) in [5.74, 6) is 0.820. The van der Waals surface area contributed by atoms with Crippen molar-refractivity contribution in [3.05, 3.63) is 34.6 Å². The molecule has 11 nitrogen and oxygen atoms in total. The Balaban J connectivity index is 1.19. The maximum atomic E-state index is 9.86. The topological polar surface area (TPSA) is 133 Å². The van der Waals surface area contributed by atoms with Crippen LogP contribution in [-0.4, -0.2) is 73.8 Å². The zero-order valence-corrected chi connectivity index (χ0v) is 26.3. The van der Waals surface area contributed by atoms with Crippen LogP contribution in [0.3, 0.4) is 0 Å². The molecule has 43 heavy (non-hydrogen) atoms. The van der Waals surface area contributed by atoms with Crippen molar-refractivity contribution >= 4 is 40.4 Å². The first-order valence-electron chi connectivity index (χ1n) is 15.2. The molecule has 2 aromatic heterocycles. The maximum Gasteiger partial charge on any atom is 0.247 e. The zero-order chi connectivity index (χ0) is 30.5. The van der Waals surface area contributed by atoms with E-state index in [0.29, 0.717) is 51.6 Å². The van der Waals surface area contributed by atoms with Crippen molar-refractivity contribution < 1.29 is 0 Å². The van der Waals surface area contributed by atoms with Gasteiger partial charge in [-0.2, -0.15) is 20.0 Å². The first-order valence-corrected chi connectivity index (χ1v) is 15.5. The number of hydrogen-bond donors (Lipinski definition) is 3. The van der Waals surface area contributed by atoms with Gasteiger partial charge < -0.3 is 20.9 Å². The first-order chi connectivity index (χ1) is 20.5. The van der Waals surface area contributed by atoms with Crippen molar-refractivity contribution in [2.45, 2.75) is 95.4 Å². The summed E-state index contributed by atoms with van der Waals surface area (Å²) in [5.41, 5.74) is 2.95. The van der Waals surface area contributed by atoms with Crippen LogP contribution in [0.1, 0.15) is 77.5 Å². The number of rotatable bonds is 7. The molecule has 3 aliphatic rings. The van der Waals surface area contributed by atoms with Crippen LogP contribution in [0.25, 0.3) is 5.65 Å². The minimum atomic E-state index is 0.145. The highest BCUT2D eigenvalue weighted by atomic mass is 35.5. The number of benzene rings is 1. The minimum absolute atomic E-state index is 0.145. The second-order valence-electron chi connectivity index (χ2n) is 13.5. The second-order valence-corrected chi connectivity index (χ2v) is 13.9. The fraction of sp³-hybridized carbons (Fsp3) is 0.581. The van der Waals surface area contributed by atoms with Crippen molar-refractivity contribution in [1.29, 1.82) is 10.5 Å². The highest BCUT2D eigenvalue weighted by Gasteiger charge is 2.43. The summed E-state index contributed by atoms with van der Waals surface area (Å²) in [5, 5.41) is 35.1. The van der Waals surface area contributed by atoms with Crippen LogP contribution in [-0.2, 0) is 0 Å². The number of imidazole rings is 1. The van der Waals surface area contributed by atoms with E-state index in [9.17, 15) is 10.5 Å². The van der Waals surface area contributed by atoms with Gasteiger partial charge in [-0.15, -0.1) is 5.10 Å². The number of likely N-dealkylation sites (tertiary alicyclic amines) is 1. The molecule has 12 heteroatoms. The Morgan fingerprint density at radius 2 is 1.65 bits per heavy atom. The van der Waals surface area contributed by atoms with Crippen LogP contribution in [0.5, 0.6) is 0 Å². The summed E-state index contributed by atoms with van der Waals surface area (Å²) in [7, 11) is 2.24. The molecule has 226 valence electrons. The third-order valence-electron chi connectivity index (χ3n) is 9.44. The molecule has 0 bridgehead atoms. The fourth-order valence-electron chi connectivity index (χ4n) is 6.75. The highest BCUT2D eigenvalue weighted by molar-refractivity contribution is 6.36. The van der Waals surface area contributed by atoms with Crippen LogP contribution in [0.4, 0.5) is 23.1 Å². The van der Waals surface area contributed by atoms with Crippen molar-refractivity contribution in [3.8, 4) is 12.1 Å². The van der Waals surface area contributed by atoms with Gasteiger partial charge in [0, 0.05) is 42.3 Å². The number of halogens is 1. The number of nitrogens with zero attached hydrogens (tertiary/aromatic N) is 8. The standard InChI is InChI=1S/C31H40ClN11/c1-30(2)14-22(15-31(3,4)41(30)5)36-21-8-10-42(11-9-21)25-13-19(16-33)12-24(26(25)32)38-29-39-27(37-20-6-7-20)28-35-18-23(17-34)43(28)40-29/h12-13,18,20-22,36H,6-11,14-15H2,1-5H3,(H2,37,38,39,40). The van der Waals surface area contributed by atoms with Gasteiger partial charge in [-0.1, -0.05) is 11.6 Å². The van der Waals surface area contributed by atoms with Crippen LogP contribution in [0, 0.1) is 22.7 Å². The summed E-state index contributed by atoms with van der Waals surface area (Å²) in [4.78, 5) is 13.8. The lowest BCUT2D eigenvalue weighted by Crippen LogP contribution is -2.63. The average molecular weight is 602 g/mol. The molecule has 6 rings (SSSR count). The van der Waals surface area contributed by atoms with E-state index in [4.69, 9.17) is 11.6 Å². The van der Waals surface area contributed by atoms with Gasteiger partial charge in [-0.05, 0) is 85.4 Å². The molecule has 3 fully saturated rings. The molecule has 1 aromatic carbocycles. The van der Waals surface area contributed by atoms with Gasteiger partial charge in [0.25, 0.3) is 0 Å². The van der Waals surface area contributed by atoms with E-state index in [-0.39, 0.29) is 17.0 Å². The SMILES string of the molecule is CN1C(C)(C)CC(NC2CCN(c3cc(C#N)cc(Nc4nc(NC5CC5)c5ncc(C#N)n5n4)c3Cl)CC2)CC1(C)C. The van der Waals surface area contributed by atoms with Gasteiger partial charge in [0.2, 0.25) is 5.95 Å². The van der Waals surface area contributed by atoms with Gasteiger partial charge in [0.05, 0.1) is 34.2 Å². The summed E-state index contributed by atoms with van der Waals surface area (Å²) in [6, 6.07) is 9.23. The van der Waals surface area contributed by atoms with Crippen molar-refractivity contribution in [2.24, 2.45) is 0 Å². The van der Waals surface area contributed by atoms with Crippen LogP contribution < -0.4 is 20.9 Å². The lowest BCUT2D eigenvalue weighted by Gasteiger charge is -2.54. The van der Waals surface area contributed by atoms with Gasteiger partial charge in [0.15, 0.2) is 17.2 Å². The van der Waals surface area contributed by atoms with Crippen LogP contribution in [0.2, 0.25) is 5.02 Å². The van der Waals surface area contributed by atoms with Crippen molar-refractivity contribution in [3.63, 3.8) is 0 Å². The molecule has 3 N–H and O–H groups in total. The number of nitriles is 2. The normalized spacial score (nSPS) is 21.0. The largest absolute Gasteiger partial charge is 0.370 e. The van der Waals surface area contributed by atoms with E-state index in [1.165, 1.54) is 10.7 Å². The lowest BCUT2D eigenvalue weighted by atomic mass is 9.77. The Hall–Kier alpha value is -3.64. The van der Waals surface area contributed by atoms with Crippen LogP contribution >= 0.6 is 11.6 Å². The van der Waals surface area contributed by atoms with E-state index >= 15 is 0 Å². The van der Waals surface area contributed by atoms with E-state index in [1.54, 1.807) is 6.07 Å². The molecule has 1 saturated carbocycles. The Morgan fingerprint density at radius 3 is 2.28 bits per heavy atom. The molecule has 0 radical (unpaired) electrons. The van der Waals surface area contributed by atoms with E-state index in [2.05, 4.69) is 87.7 Å². The molecule has 1 aliphatic carbocycles. The van der Waals surface area contributed by atoms with Crippen molar-refractivity contribution in [1.82, 2.24) is 29.8 Å². The molecule has 2 saturated heterocycles. The summed E-state index contributed by atoms with van der Waals surface area (Å²) in [6.07, 6.45) is 7.85. The monoisotopic (exact) mass is 601 g/mol. The zero-order valence-electron chi connectivity index (χ0n) is 25.6. The van der Waals surface area contributed by atoms with Gasteiger partial charge >= 0.3 is 0 Å². The first kappa shape index (κ1) is 29.4. The predicted molar refractivity (Wildman–Crippen MR) is 169 cm³/mol. The van der Waals surface area contributed by atoms with E-state index in [0.717, 1.165) is 57.3 Å². The third-order valence-corrected chi connectivity index (χ3v) is 9.84. The molecule has 0 spiro atoms. The lowest BCUT2D eigenvalue weighted by molar-refractivity contribution is -0.0205. The van der Waals surface area contributed by atoms with E-state index < -0.39 is 0 Å². The molecule has 0 amide bonds. The summed E-state index contributed by atoms with van der Waals surface area (Å²) < 4.78 is 1.48. The van der Waals surface area contributed by atoms with Gasteiger partial charge in [0.1, 0.15) is 6.07 Å².